The Kier molecular flexibility index (Phi) is 7.31. The van der Waals surface area contributed by atoms with E-state index in [0.29, 0.717) is 11.4 Å². The zero-order chi connectivity index (χ0) is 22.7. The molecule has 0 radical (unpaired) electrons. The first-order chi connectivity index (χ1) is 13.8. The van der Waals surface area contributed by atoms with Crippen molar-refractivity contribution >= 4 is 21.6 Å². The third-order valence-corrected chi connectivity index (χ3v) is 6.32. The number of methoxy groups -OCH3 is 1. The minimum Gasteiger partial charge on any atom is -0.495 e. The van der Waals surface area contributed by atoms with Gasteiger partial charge in [-0.25, -0.2) is 13.1 Å². The van der Waals surface area contributed by atoms with Crippen LogP contribution >= 0.6 is 0 Å². The largest absolute Gasteiger partial charge is 0.495 e. The predicted octanol–water partition coefficient (Wildman–Crippen LogP) is 4.63. The first-order valence-electron chi connectivity index (χ1n) is 9.93. The molecule has 0 aliphatic heterocycles. The van der Waals surface area contributed by atoms with Crippen LogP contribution in [-0.2, 0) is 20.2 Å². The highest BCUT2D eigenvalue weighted by atomic mass is 32.2. The third kappa shape index (κ3) is 5.83. The van der Waals surface area contributed by atoms with Gasteiger partial charge in [-0.2, -0.15) is 0 Å². The van der Waals surface area contributed by atoms with Gasteiger partial charge in [0, 0.05) is 13.0 Å². The molecule has 0 heterocycles. The van der Waals surface area contributed by atoms with Gasteiger partial charge in [-0.3, -0.25) is 4.79 Å². The van der Waals surface area contributed by atoms with Crippen molar-refractivity contribution in [2.45, 2.75) is 57.9 Å². The lowest BCUT2D eigenvalue weighted by atomic mass is 9.85. The van der Waals surface area contributed by atoms with Gasteiger partial charge in [0.2, 0.25) is 15.9 Å². The van der Waals surface area contributed by atoms with E-state index >= 15 is 0 Å². The molecule has 0 saturated heterocycles. The van der Waals surface area contributed by atoms with Crippen LogP contribution in [0, 0.1) is 5.92 Å². The summed E-state index contributed by atoms with van der Waals surface area (Å²) in [6.07, 6.45) is 0. The topological polar surface area (TPSA) is 84.5 Å². The number of amides is 1. The molecule has 6 nitrogen and oxygen atoms in total. The molecule has 0 aliphatic carbocycles. The van der Waals surface area contributed by atoms with Crippen molar-refractivity contribution < 1.29 is 17.9 Å². The average Bonchev–Trinajstić information content (AvgIpc) is 2.65. The van der Waals surface area contributed by atoms with E-state index in [2.05, 4.69) is 30.8 Å². The molecule has 2 aromatic rings. The highest BCUT2D eigenvalue weighted by Crippen LogP contribution is 2.31. The lowest BCUT2D eigenvalue weighted by Crippen LogP contribution is -2.32. The van der Waals surface area contributed by atoms with E-state index in [9.17, 15) is 13.2 Å². The van der Waals surface area contributed by atoms with Gasteiger partial charge in [0.15, 0.2) is 0 Å². The lowest BCUT2D eigenvalue weighted by molar-refractivity contribution is -0.114. The second-order valence-corrected chi connectivity index (χ2v) is 10.5. The summed E-state index contributed by atoms with van der Waals surface area (Å²) in [4.78, 5) is 11.5. The van der Waals surface area contributed by atoms with Crippen molar-refractivity contribution in [1.82, 2.24) is 4.72 Å². The Hall–Kier alpha value is -2.38. The number of carbonyl (C=O) groups is 1. The van der Waals surface area contributed by atoms with Crippen LogP contribution in [0.15, 0.2) is 47.4 Å². The Morgan fingerprint density at radius 1 is 1.03 bits per heavy atom. The number of anilines is 1. The van der Waals surface area contributed by atoms with Crippen LogP contribution in [0.25, 0.3) is 0 Å². The van der Waals surface area contributed by atoms with Crippen LogP contribution in [0.2, 0.25) is 0 Å². The average molecular weight is 433 g/mol. The van der Waals surface area contributed by atoms with Crippen molar-refractivity contribution in [3.05, 3.63) is 53.6 Å². The minimum absolute atomic E-state index is 0.0224. The molecule has 7 heteroatoms. The van der Waals surface area contributed by atoms with Crippen LogP contribution < -0.4 is 14.8 Å². The van der Waals surface area contributed by atoms with Gasteiger partial charge >= 0.3 is 0 Å². The molecule has 2 aromatic carbocycles. The number of rotatable bonds is 7. The Labute approximate surface area is 180 Å². The summed E-state index contributed by atoms with van der Waals surface area (Å²) in [6.45, 7) is 11.7. The molecule has 1 atom stereocenters. The Morgan fingerprint density at radius 3 is 2.10 bits per heavy atom. The predicted molar refractivity (Wildman–Crippen MR) is 120 cm³/mol. The van der Waals surface area contributed by atoms with Crippen LogP contribution in [0.5, 0.6) is 5.75 Å². The van der Waals surface area contributed by atoms with E-state index in [4.69, 9.17) is 4.74 Å². The van der Waals surface area contributed by atoms with Gasteiger partial charge in [-0.1, -0.05) is 58.9 Å². The van der Waals surface area contributed by atoms with Crippen LogP contribution in [-0.4, -0.2) is 21.4 Å². The molecule has 0 bridgehead atoms. The van der Waals surface area contributed by atoms with Gasteiger partial charge in [-0.15, -0.1) is 0 Å². The van der Waals surface area contributed by atoms with Crippen molar-refractivity contribution in [2.75, 3.05) is 12.4 Å². The molecule has 0 spiro atoms. The normalized spacial score (nSPS) is 13.2. The van der Waals surface area contributed by atoms with E-state index < -0.39 is 16.1 Å². The van der Waals surface area contributed by atoms with Gasteiger partial charge in [-0.05, 0) is 40.7 Å². The molecule has 0 aromatic heterocycles. The summed E-state index contributed by atoms with van der Waals surface area (Å²) in [7, 11) is -2.37. The zero-order valence-corrected chi connectivity index (χ0v) is 19.6. The maximum absolute atomic E-state index is 13.1. The first kappa shape index (κ1) is 23.9. The minimum atomic E-state index is -3.83. The highest BCUT2D eigenvalue weighted by Gasteiger charge is 2.25. The van der Waals surface area contributed by atoms with Gasteiger partial charge < -0.3 is 10.1 Å². The molecular formula is C23H32N2O4S. The first-order valence-corrected chi connectivity index (χ1v) is 11.4. The number of hydrogen-bond donors (Lipinski definition) is 2. The monoisotopic (exact) mass is 432 g/mol. The second kappa shape index (κ2) is 9.18. The van der Waals surface area contributed by atoms with Crippen molar-refractivity contribution in [2.24, 2.45) is 5.92 Å². The summed E-state index contributed by atoms with van der Waals surface area (Å²) in [6, 6.07) is 12.0. The maximum Gasteiger partial charge on any atom is 0.241 e. The van der Waals surface area contributed by atoms with E-state index in [1.807, 2.05) is 38.1 Å². The van der Waals surface area contributed by atoms with Crippen LogP contribution in [0.3, 0.4) is 0 Å². The zero-order valence-electron chi connectivity index (χ0n) is 18.7. The molecule has 0 unspecified atom stereocenters. The summed E-state index contributed by atoms with van der Waals surface area (Å²) >= 11 is 0. The molecule has 164 valence electrons. The molecule has 1 amide bonds. The summed E-state index contributed by atoms with van der Waals surface area (Å²) in [5, 5.41) is 2.61. The van der Waals surface area contributed by atoms with Crippen LogP contribution in [0.1, 0.15) is 58.7 Å². The molecule has 0 saturated carbocycles. The number of nitrogens with one attached hydrogen (secondary N) is 2. The fourth-order valence-electron chi connectivity index (χ4n) is 3.16. The van der Waals surface area contributed by atoms with Crippen molar-refractivity contribution in [3.63, 3.8) is 0 Å². The highest BCUT2D eigenvalue weighted by molar-refractivity contribution is 7.89. The van der Waals surface area contributed by atoms with Gasteiger partial charge in [0.25, 0.3) is 0 Å². The fourth-order valence-corrected chi connectivity index (χ4v) is 4.56. The number of carbonyl (C=O) groups excluding carboxylic acids is 1. The van der Waals surface area contributed by atoms with E-state index in [-0.39, 0.29) is 22.1 Å². The summed E-state index contributed by atoms with van der Waals surface area (Å²) in [5.41, 5.74) is 2.42. The molecule has 2 N–H and O–H groups in total. The molecule has 30 heavy (non-hydrogen) atoms. The molecule has 2 rings (SSSR count). The van der Waals surface area contributed by atoms with Gasteiger partial charge in [0.05, 0.1) is 17.7 Å². The van der Waals surface area contributed by atoms with Crippen LogP contribution in [0.4, 0.5) is 5.69 Å². The van der Waals surface area contributed by atoms with E-state index in [0.717, 1.165) is 5.56 Å². The third-order valence-electron chi connectivity index (χ3n) is 4.88. The number of sulfonamides is 1. The fraction of sp³-hybridized carbons (Fsp3) is 0.435. The Balaban J connectivity index is 2.38. The van der Waals surface area contributed by atoms with Gasteiger partial charge in [0.1, 0.15) is 5.75 Å². The smallest absolute Gasteiger partial charge is 0.241 e. The lowest BCUT2D eigenvalue weighted by Gasteiger charge is -2.25. The number of hydrogen-bond acceptors (Lipinski definition) is 4. The Morgan fingerprint density at radius 2 is 1.63 bits per heavy atom. The quantitative estimate of drug-likeness (QED) is 0.668. The summed E-state index contributed by atoms with van der Waals surface area (Å²) < 4.78 is 34.3. The molecule has 0 aliphatic rings. The summed E-state index contributed by atoms with van der Waals surface area (Å²) in [5.74, 6) is 0.116. The maximum atomic E-state index is 13.1. The Bertz CT molecular complexity index is 991. The number of benzene rings is 2. The van der Waals surface area contributed by atoms with E-state index in [1.54, 1.807) is 0 Å². The van der Waals surface area contributed by atoms with Crippen molar-refractivity contribution in [3.8, 4) is 5.75 Å². The molecular weight excluding hydrogens is 400 g/mol. The second-order valence-electron chi connectivity index (χ2n) is 8.76. The number of ether oxygens (including phenoxy) is 1. The standard InChI is InChI=1S/C23H32N2O4S/c1-15(2)22(17-8-10-18(11-9-17)23(4,5)6)25-30(27,28)19-12-13-21(29-7)20(14-19)24-16(3)26/h8-15,22,25H,1-7H3,(H,24,26)/t22-/m1/s1. The molecule has 0 fully saturated rings. The van der Waals surface area contributed by atoms with E-state index in [1.165, 1.54) is 37.8 Å². The SMILES string of the molecule is COc1ccc(S(=O)(=O)N[C@@H](c2ccc(C(C)(C)C)cc2)C(C)C)cc1NC(C)=O. The van der Waals surface area contributed by atoms with Crippen molar-refractivity contribution in [1.29, 1.82) is 0 Å².